The molecule has 2 rings (SSSR count). The fraction of sp³-hybridized carbons (Fsp3) is 1.00. The maximum atomic E-state index is 2.66. The predicted octanol–water partition coefficient (Wildman–Crippen LogP) is 3.30. The van der Waals surface area contributed by atoms with Crippen LogP contribution >= 0.6 is 0 Å². The van der Waals surface area contributed by atoms with Crippen LogP contribution in [-0.2, 0) is 0 Å². The van der Waals surface area contributed by atoms with Gasteiger partial charge in [0.2, 0.25) is 0 Å². The van der Waals surface area contributed by atoms with E-state index in [4.69, 9.17) is 0 Å². The lowest BCUT2D eigenvalue weighted by Gasteiger charge is -2.50. The first-order chi connectivity index (χ1) is 6.44. The third-order valence-corrected chi connectivity index (χ3v) is 4.39. The van der Waals surface area contributed by atoms with Gasteiger partial charge in [0, 0.05) is 12.1 Å². The lowest BCUT2D eigenvalue weighted by Crippen LogP contribution is -2.53. The van der Waals surface area contributed by atoms with Crippen molar-refractivity contribution in [1.82, 2.24) is 4.90 Å². The summed E-state index contributed by atoms with van der Waals surface area (Å²) < 4.78 is 0. The molecule has 0 aromatic carbocycles. The molecule has 0 radical (unpaired) electrons. The topological polar surface area (TPSA) is 3.24 Å². The van der Waals surface area contributed by atoms with Crippen LogP contribution in [0.3, 0.4) is 0 Å². The summed E-state index contributed by atoms with van der Waals surface area (Å²) in [6.07, 6.45) is 7.16. The van der Waals surface area contributed by atoms with Crippen molar-refractivity contribution < 1.29 is 0 Å². The first kappa shape index (κ1) is 10.5. The summed E-state index contributed by atoms with van der Waals surface area (Å²) in [4.78, 5) is 2.66. The fourth-order valence-electron chi connectivity index (χ4n) is 3.91. The molecule has 0 bridgehead atoms. The molecule has 1 atom stereocenters. The van der Waals surface area contributed by atoms with Crippen LogP contribution in [0.15, 0.2) is 0 Å². The zero-order chi connectivity index (χ0) is 10.4. The lowest BCUT2D eigenvalue weighted by molar-refractivity contribution is 0.0147. The Morgan fingerprint density at radius 1 is 1.21 bits per heavy atom. The van der Waals surface area contributed by atoms with Gasteiger partial charge in [-0.25, -0.2) is 0 Å². The van der Waals surface area contributed by atoms with Crippen molar-refractivity contribution in [1.29, 1.82) is 0 Å². The van der Waals surface area contributed by atoms with E-state index in [1.165, 1.54) is 38.6 Å². The normalized spacial score (nSPS) is 36.4. The van der Waals surface area contributed by atoms with E-state index in [9.17, 15) is 0 Å². The molecule has 1 spiro atoms. The Balaban J connectivity index is 2.17. The molecule has 1 saturated carbocycles. The van der Waals surface area contributed by atoms with Crippen LogP contribution in [0.4, 0.5) is 0 Å². The SMILES string of the molecule is CC1CN(C)C2(CCC2)CC(C)(C)C1. The molecular weight excluding hydrogens is 170 g/mol. The molecule has 2 aliphatic rings. The summed E-state index contributed by atoms with van der Waals surface area (Å²) in [5, 5.41) is 0. The molecule has 1 heterocycles. The fourth-order valence-corrected chi connectivity index (χ4v) is 3.91. The minimum absolute atomic E-state index is 0.560. The molecule has 14 heavy (non-hydrogen) atoms. The van der Waals surface area contributed by atoms with E-state index < -0.39 is 0 Å². The van der Waals surface area contributed by atoms with Gasteiger partial charge in [-0.3, -0.25) is 0 Å². The van der Waals surface area contributed by atoms with Crippen LogP contribution in [0.25, 0.3) is 0 Å². The molecular formula is C13H25N. The van der Waals surface area contributed by atoms with Crippen LogP contribution in [0.5, 0.6) is 0 Å². The lowest BCUT2D eigenvalue weighted by atomic mass is 9.66. The number of nitrogens with zero attached hydrogens (tertiary/aromatic N) is 1. The highest BCUT2D eigenvalue weighted by atomic mass is 15.2. The number of hydrogen-bond acceptors (Lipinski definition) is 1. The second-order valence-corrected chi connectivity index (χ2v) is 6.61. The summed E-state index contributed by atoms with van der Waals surface area (Å²) in [6.45, 7) is 8.64. The zero-order valence-electron chi connectivity index (χ0n) is 10.3. The van der Waals surface area contributed by atoms with Crippen LogP contribution in [0.1, 0.15) is 52.9 Å². The van der Waals surface area contributed by atoms with E-state index in [1.807, 2.05) is 0 Å². The van der Waals surface area contributed by atoms with E-state index in [-0.39, 0.29) is 0 Å². The molecule has 1 unspecified atom stereocenters. The molecule has 1 aliphatic carbocycles. The average molecular weight is 195 g/mol. The number of rotatable bonds is 0. The first-order valence-corrected chi connectivity index (χ1v) is 6.15. The maximum Gasteiger partial charge on any atom is 0.0211 e. The van der Waals surface area contributed by atoms with Gasteiger partial charge in [0.25, 0.3) is 0 Å². The summed E-state index contributed by atoms with van der Waals surface area (Å²) in [5.41, 5.74) is 1.15. The molecule has 0 aromatic rings. The third kappa shape index (κ3) is 1.71. The summed E-state index contributed by atoms with van der Waals surface area (Å²) in [7, 11) is 2.34. The minimum Gasteiger partial charge on any atom is -0.300 e. The van der Waals surface area contributed by atoms with Gasteiger partial charge >= 0.3 is 0 Å². The molecule has 82 valence electrons. The van der Waals surface area contributed by atoms with E-state index in [0.717, 1.165) is 5.92 Å². The van der Waals surface area contributed by atoms with Crippen molar-refractivity contribution in [2.75, 3.05) is 13.6 Å². The Morgan fingerprint density at radius 3 is 2.36 bits per heavy atom. The Kier molecular flexibility index (Phi) is 2.42. The second-order valence-electron chi connectivity index (χ2n) is 6.61. The van der Waals surface area contributed by atoms with Crippen molar-refractivity contribution in [2.24, 2.45) is 11.3 Å². The standard InChI is InChI=1S/C13H25N/c1-11-8-12(2,3)10-13(6-5-7-13)14(4)9-11/h11H,5-10H2,1-4H3. The van der Waals surface area contributed by atoms with E-state index in [2.05, 4.69) is 32.7 Å². The monoisotopic (exact) mass is 195 g/mol. The molecule has 0 amide bonds. The zero-order valence-corrected chi connectivity index (χ0v) is 10.3. The van der Waals surface area contributed by atoms with Crippen molar-refractivity contribution in [3.8, 4) is 0 Å². The third-order valence-electron chi connectivity index (χ3n) is 4.39. The molecule has 2 fully saturated rings. The first-order valence-electron chi connectivity index (χ1n) is 6.15. The number of hydrogen-bond donors (Lipinski definition) is 0. The van der Waals surface area contributed by atoms with Gasteiger partial charge in [-0.1, -0.05) is 20.8 Å². The van der Waals surface area contributed by atoms with Crippen LogP contribution in [-0.4, -0.2) is 24.0 Å². The van der Waals surface area contributed by atoms with E-state index in [0.29, 0.717) is 11.0 Å². The molecule has 1 saturated heterocycles. The van der Waals surface area contributed by atoms with Crippen molar-refractivity contribution in [3.63, 3.8) is 0 Å². The van der Waals surface area contributed by atoms with Crippen LogP contribution < -0.4 is 0 Å². The molecule has 0 aromatic heterocycles. The molecule has 0 N–H and O–H groups in total. The average Bonchev–Trinajstić information content (AvgIpc) is 2.02. The number of likely N-dealkylation sites (tertiary alicyclic amines) is 1. The van der Waals surface area contributed by atoms with Gasteiger partial charge in [0.05, 0.1) is 0 Å². The van der Waals surface area contributed by atoms with Gasteiger partial charge in [0.15, 0.2) is 0 Å². The minimum atomic E-state index is 0.560. The highest BCUT2D eigenvalue weighted by molar-refractivity contribution is 5.02. The second kappa shape index (κ2) is 3.23. The van der Waals surface area contributed by atoms with E-state index >= 15 is 0 Å². The smallest absolute Gasteiger partial charge is 0.0211 e. The van der Waals surface area contributed by atoms with Crippen molar-refractivity contribution in [2.45, 2.75) is 58.4 Å². The van der Waals surface area contributed by atoms with Gasteiger partial charge in [-0.05, 0) is 50.5 Å². The van der Waals surface area contributed by atoms with Crippen LogP contribution in [0, 0.1) is 11.3 Å². The van der Waals surface area contributed by atoms with Gasteiger partial charge in [-0.15, -0.1) is 0 Å². The van der Waals surface area contributed by atoms with Gasteiger partial charge in [0.1, 0.15) is 0 Å². The van der Waals surface area contributed by atoms with Crippen LogP contribution in [0.2, 0.25) is 0 Å². The molecule has 1 aliphatic heterocycles. The van der Waals surface area contributed by atoms with Gasteiger partial charge < -0.3 is 4.90 Å². The molecule has 1 nitrogen and oxygen atoms in total. The maximum absolute atomic E-state index is 2.66. The Labute approximate surface area is 88.9 Å². The summed E-state index contributed by atoms with van der Waals surface area (Å²) in [6, 6.07) is 0. The Bertz CT molecular complexity index is 215. The quantitative estimate of drug-likeness (QED) is 0.573. The summed E-state index contributed by atoms with van der Waals surface area (Å²) in [5.74, 6) is 0.870. The largest absolute Gasteiger partial charge is 0.300 e. The molecule has 1 heteroatoms. The summed E-state index contributed by atoms with van der Waals surface area (Å²) >= 11 is 0. The van der Waals surface area contributed by atoms with Gasteiger partial charge in [-0.2, -0.15) is 0 Å². The van der Waals surface area contributed by atoms with Crippen molar-refractivity contribution in [3.05, 3.63) is 0 Å². The van der Waals surface area contributed by atoms with Crippen molar-refractivity contribution >= 4 is 0 Å². The Hall–Kier alpha value is -0.0400. The Morgan fingerprint density at radius 2 is 1.86 bits per heavy atom. The predicted molar refractivity (Wildman–Crippen MR) is 61.4 cm³/mol. The highest BCUT2D eigenvalue weighted by Gasteiger charge is 2.46. The van der Waals surface area contributed by atoms with E-state index in [1.54, 1.807) is 0 Å². The highest BCUT2D eigenvalue weighted by Crippen LogP contribution is 2.49.